The van der Waals surface area contributed by atoms with Gasteiger partial charge in [-0.2, -0.15) is 0 Å². The van der Waals surface area contributed by atoms with E-state index in [0.29, 0.717) is 0 Å². The summed E-state index contributed by atoms with van der Waals surface area (Å²) in [5, 5.41) is 0. The van der Waals surface area contributed by atoms with Crippen molar-refractivity contribution in [2.45, 2.75) is 0 Å². The van der Waals surface area contributed by atoms with Crippen LogP contribution >= 0.6 is 38.5 Å². The Bertz CT molecular complexity index is 200. The summed E-state index contributed by atoms with van der Waals surface area (Å²) in [7, 11) is 0. The van der Waals surface area contributed by atoms with Crippen LogP contribution in [0.5, 0.6) is 0 Å². The normalized spacial score (nSPS) is 9.67. The van der Waals surface area contributed by atoms with Crippen LogP contribution in [0.2, 0.25) is 0 Å². The van der Waals surface area contributed by atoms with Gasteiger partial charge in [-0.3, -0.25) is 0 Å². The summed E-state index contributed by atoms with van der Waals surface area (Å²) >= 11 is 5.64. The van der Waals surface area contributed by atoms with Crippen molar-refractivity contribution in [1.29, 1.82) is 0 Å². The first kappa shape index (κ1) is 7.54. The zero-order chi connectivity index (χ0) is 6.85. The fraction of sp³-hybridized carbons (Fsp3) is 0. The van der Waals surface area contributed by atoms with Crippen LogP contribution in [0.4, 0.5) is 0 Å². The van der Waals surface area contributed by atoms with Gasteiger partial charge >= 0.3 is 0 Å². The molecule has 0 spiro atoms. The molecule has 47 valence electrons. The van der Waals surface area contributed by atoms with Crippen LogP contribution in [0, 0.1) is 10.5 Å². The minimum atomic E-state index is 1.07. The maximum atomic E-state index is 3.87. The second kappa shape index (κ2) is 3.01. The Hall–Kier alpha value is 0.430. The van der Waals surface area contributed by atoms with Crippen LogP contribution in [-0.4, -0.2) is 0 Å². The van der Waals surface area contributed by atoms with Crippen molar-refractivity contribution in [2.24, 2.45) is 0 Å². The number of rotatable bonds is 0. The summed E-state index contributed by atoms with van der Waals surface area (Å²) in [5.74, 6) is 0. The molecule has 1 rings (SSSR count). The Labute approximate surface area is 76.9 Å². The van der Waals surface area contributed by atoms with Crippen LogP contribution < -0.4 is 0 Å². The molecule has 0 amide bonds. The smallest absolute Gasteiger partial charge is 0.0217 e. The molecule has 1 aromatic rings. The summed E-state index contributed by atoms with van der Waals surface area (Å²) in [6, 6.07) is 6.03. The van der Waals surface area contributed by atoms with Gasteiger partial charge in [-0.15, -0.1) is 0 Å². The van der Waals surface area contributed by atoms with E-state index in [1.807, 2.05) is 18.2 Å². The monoisotopic (exact) mass is 295 g/mol. The summed E-state index contributed by atoms with van der Waals surface area (Å²) in [5.41, 5.74) is 1.07. The minimum absolute atomic E-state index is 1.07. The largest absolute Gasteiger partial charge is 0.0601 e. The van der Waals surface area contributed by atoms with Gasteiger partial charge < -0.3 is 0 Å². The van der Waals surface area contributed by atoms with Crippen LogP contribution in [0.25, 0.3) is 0 Å². The zero-order valence-corrected chi connectivity index (χ0v) is 8.44. The van der Waals surface area contributed by atoms with E-state index in [4.69, 9.17) is 0 Å². The molecule has 0 saturated heterocycles. The lowest BCUT2D eigenvalue weighted by atomic mass is 10.2. The van der Waals surface area contributed by atoms with Gasteiger partial charge in [0.25, 0.3) is 0 Å². The highest BCUT2D eigenvalue weighted by molar-refractivity contribution is 14.1. The second-order valence-corrected chi connectivity index (χ2v) is 3.72. The lowest BCUT2D eigenvalue weighted by Crippen LogP contribution is -1.78. The molecular weight excluding hydrogens is 291 g/mol. The molecule has 0 aliphatic heterocycles. The third-order valence-corrected chi connectivity index (χ3v) is 2.82. The first-order chi connectivity index (χ1) is 4.22. The molecular formula is C7H5BrI. The molecule has 1 aromatic carbocycles. The quantitative estimate of drug-likeness (QED) is 0.645. The summed E-state index contributed by atoms with van der Waals surface area (Å²) in [4.78, 5) is 0. The average Bonchev–Trinajstić information content (AvgIpc) is 1.83. The van der Waals surface area contributed by atoms with Gasteiger partial charge in [0.15, 0.2) is 0 Å². The van der Waals surface area contributed by atoms with E-state index in [-0.39, 0.29) is 0 Å². The molecule has 0 aliphatic carbocycles. The van der Waals surface area contributed by atoms with Gasteiger partial charge in [0, 0.05) is 8.04 Å². The molecule has 0 fully saturated rings. The molecule has 9 heavy (non-hydrogen) atoms. The van der Waals surface area contributed by atoms with Gasteiger partial charge in [-0.1, -0.05) is 22.0 Å². The van der Waals surface area contributed by atoms with E-state index in [1.165, 1.54) is 3.57 Å². The zero-order valence-electron chi connectivity index (χ0n) is 4.70. The van der Waals surface area contributed by atoms with Crippen molar-refractivity contribution in [3.8, 4) is 0 Å². The van der Waals surface area contributed by atoms with Gasteiger partial charge in [0.2, 0.25) is 0 Å². The van der Waals surface area contributed by atoms with Gasteiger partial charge in [0.05, 0.1) is 0 Å². The highest BCUT2D eigenvalue weighted by Gasteiger charge is 1.95. The SMILES string of the molecule is [CH2]c1c(Br)cccc1I. The van der Waals surface area contributed by atoms with E-state index >= 15 is 0 Å². The number of halogens is 2. The predicted octanol–water partition coefficient (Wildman–Crippen LogP) is 3.24. The van der Waals surface area contributed by atoms with E-state index in [1.54, 1.807) is 0 Å². The maximum Gasteiger partial charge on any atom is 0.0217 e. The molecule has 1 radical (unpaired) electrons. The van der Waals surface area contributed by atoms with Crippen molar-refractivity contribution in [1.82, 2.24) is 0 Å². The maximum absolute atomic E-state index is 3.87. The van der Waals surface area contributed by atoms with Crippen molar-refractivity contribution < 1.29 is 0 Å². The number of hydrogen-bond donors (Lipinski definition) is 0. The Kier molecular flexibility index (Phi) is 2.52. The van der Waals surface area contributed by atoms with E-state index in [2.05, 4.69) is 45.4 Å². The molecule has 0 unspecified atom stereocenters. The highest BCUT2D eigenvalue weighted by Crippen LogP contribution is 2.20. The van der Waals surface area contributed by atoms with Crippen molar-refractivity contribution in [2.75, 3.05) is 0 Å². The van der Waals surface area contributed by atoms with Gasteiger partial charge in [-0.05, 0) is 47.2 Å². The van der Waals surface area contributed by atoms with Crippen LogP contribution in [0.15, 0.2) is 22.7 Å². The van der Waals surface area contributed by atoms with E-state index < -0.39 is 0 Å². The second-order valence-electron chi connectivity index (χ2n) is 1.70. The average molecular weight is 296 g/mol. The molecule has 0 bridgehead atoms. The lowest BCUT2D eigenvalue weighted by Gasteiger charge is -1.97. The highest BCUT2D eigenvalue weighted by atomic mass is 127. The topological polar surface area (TPSA) is 0 Å². The molecule has 0 nitrogen and oxygen atoms in total. The number of benzene rings is 1. The minimum Gasteiger partial charge on any atom is -0.0601 e. The molecule has 0 aliphatic rings. The van der Waals surface area contributed by atoms with E-state index in [9.17, 15) is 0 Å². The third-order valence-electron chi connectivity index (χ3n) is 1.06. The fourth-order valence-corrected chi connectivity index (χ4v) is 1.77. The first-order valence-electron chi connectivity index (χ1n) is 2.48. The van der Waals surface area contributed by atoms with Crippen molar-refractivity contribution >= 4 is 38.5 Å². The summed E-state index contributed by atoms with van der Waals surface area (Å²) in [6.07, 6.45) is 0. The van der Waals surface area contributed by atoms with E-state index in [0.717, 1.165) is 10.0 Å². The van der Waals surface area contributed by atoms with Crippen LogP contribution in [0.1, 0.15) is 5.56 Å². The Balaban J connectivity index is 3.25. The molecule has 0 N–H and O–H groups in total. The standard InChI is InChI=1S/C7H5BrI/c1-5-6(8)3-2-4-7(5)9/h2-4H,1H2. The van der Waals surface area contributed by atoms with Gasteiger partial charge in [0.1, 0.15) is 0 Å². The predicted molar refractivity (Wildman–Crippen MR) is 51.3 cm³/mol. The first-order valence-corrected chi connectivity index (χ1v) is 4.35. The summed E-state index contributed by atoms with van der Waals surface area (Å²) in [6.45, 7) is 3.87. The molecule has 2 heteroatoms. The third kappa shape index (κ3) is 1.67. The molecule has 0 aromatic heterocycles. The van der Waals surface area contributed by atoms with Crippen molar-refractivity contribution in [3.63, 3.8) is 0 Å². The fourth-order valence-electron chi connectivity index (χ4n) is 0.532. The number of hydrogen-bond acceptors (Lipinski definition) is 0. The molecule has 0 atom stereocenters. The van der Waals surface area contributed by atoms with Gasteiger partial charge in [-0.25, -0.2) is 0 Å². The van der Waals surface area contributed by atoms with Crippen LogP contribution in [0.3, 0.4) is 0 Å². The molecule has 0 saturated carbocycles. The Morgan fingerprint density at radius 3 is 2.56 bits per heavy atom. The Morgan fingerprint density at radius 1 is 1.44 bits per heavy atom. The summed E-state index contributed by atoms with van der Waals surface area (Å²) < 4.78 is 2.27. The van der Waals surface area contributed by atoms with Crippen molar-refractivity contribution in [3.05, 3.63) is 38.7 Å². The Morgan fingerprint density at radius 2 is 2.11 bits per heavy atom. The lowest BCUT2D eigenvalue weighted by molar-refractivity contribution is 1.51. The molecule has 0 heterocycles. The van der Waals surface area contributed by atoms with Crippen LogP contribution in [-0.2, 0) is 0 Å².